The Morgan fingerprint density at radius 3 is 2.59 bits per heavy atom. The van der Waals surface area contributed by atoms with E-state index in [9.17, 15) is 14.7 Å². The third kappa shape index (κ3) is 3.46. The third-order valence-corrected chi connectivity index (χ3v) is 2.77. The number of aliphatic hydroxyl groups is 1. The number of Topliss-reactive ketones (excluding diaryl/α,β-unsaturated/α-hetero) is 1. The smallest absolute Gasteiger partial charge is 0.337 e. The number of thiol groups is 1. The van der Waals surface area contributed by atoms with Crippen LogP contribution < -0.4 is 0 Å². The van der Waals surface area contributed by atoms with E-state index in [-0.39, 0.29) is 29.2 Å². The fraction of sp³-hybridized carbons (Fsp3) is 0.273. The van der Waals surface area contributed by atoms with Crippen LogP contribution in [0.15, 0.2) is 23.1 Å². The Labute approximate surface area is 109 Å². The normalized spacial score (nSPS) is 12.2. The summed E-state index contributed by atoms with van der Waals surface area (Å²) in [6, 6.07) is 4.22. The topological polar surface area (TPSA) is 74.6 Å². The van der Waals surface area contributed by atoms with E-state index in [1.54, 1.807) is 0 Å². The summed E-state index contributed by atoms with van der Waals surface area (Å²) in [4.78, 5) is 22.7. The number of carbonyl (C=O) groups excluding carboxylic acids is 1. The zero-order valence-corrected chi connectivity index (χ0v) is 10.4. The first kappa shape index (κ1) is 14.0. The van der Waals surface area contributed by atoms with E-state index < -0.39 is 12.1 Å². The van der Waals surface area contributed by atoms with Crippen molar-refractivity contribution in [2.75, 3.05) is 5.88 Å². The van der Waals surface area contributed by atoms with Gasteiger partial charge < -0.3 is 10.2 Å². The van der Waals surface area contributed by atoms with Crippen LogP contribution in [0.3, 0.4) is 0 Å². The van der Waals surface area contributed by atoms with Crippen LogP contribution >= 0.6 is 24.2 Å². The Balaban J connectivity index is 3.10. The number of hydrogen-bond donors (Lipinski definition) is 3. The number of hydrogen-bond acceptors (Lipinski definition) is 4. The van der Waals surface area contributed by atoms with Crippen LogP contribution in [0.5, 0.6) is 0 Å². The SMILES string of the molecule is O=C(CCCl)c1cc(C(O)C(=O)O)ccc1S. The van der Waals surface area contributed by atoms with Crippen molar-refractivity contribution in [3.63, 3.8) is 0 Å². The summed E-state index contributed by atoms with van der Waals surface area (Å²) in [7, 11) is 0. The van der Waals surface area contributed by atoms with Gasteiger partial charge >= 0.3 is 5.97 Å². The summed E-state index contributed by atoms with van der Waals surface area (Å²) in [5.41, 5.74) is 0.417. The number of carboxylic acid groups (broad SMARTS) is 1. The number of alkyl halides is 1. The Morgan fingerprint density at radius 2 is 2.06 bits per heavy atom. The Bertz CT molecular complexity index is 447. The number of halogens is 1. The summed E-state index contributed by atoms with van der Waals surface area (Å²) in [5, 5.41) is 18.0. The maximum absolute atomic E-state index is 11.6. The van der Waals surface area contributed by atoms with Gasteiger partial charge in [-0.05, 0) is 17.7 Å². The molecule has 92 valence electrons. The molecule has 0 saturated carbocycles. The minimum atomic E-state index is -1.65. The molecular formula is C11H11ClO4S. The lowest BCUT2D eigenvalue weighted by atomic mass is 10.0. The Morgan fingerprint density at radius 1 is 1.41 bits per heavy atom. The largest absolute Gasteiger partial charge is 0.479 e. The quantitative estimate of drug-likeness (QED) is 0.436. The number of rotatable bonds is 5. The lowest BCUT2D eigenvalue weighted by Crippen LogP contribution is -2.12. The van der Waals surface area contributed by atoms with Crippen molar-refractivity contribution in [3.05, 3.63) is 29.3 Å². The molecule has 1 aromatic rings. The van der Waals surface area contributed by atoms with Crippen LogP contribution in [0.2, 0.25) is 0 Å². The van der Waals surface area contributed by atoms with Crippen LogP contribution in [0.4, 0.5) is 0 Å². The highest BCUT2D eigenvalue weighted by Gasteiger charge is 2.18. The molecule has 0 bridgehead atoms. The minimum Gasteiger partial charge on any atom is -0.479 e. The van der Waals surface area contributed by atoms with Gasteiger partial charge in [0.15, 0.2) is 11.9 Å². The molecule has 1 aromatic carbocycles. The molecule has 0 fully saturated rings. The van der Waals surface area contributed by atoms with Gasteiger partial charge in [-0.3, -0.25) is 4.79 Å². The average Bonchev–Trinajstić information content (AvgIpc) is 2.28. The maximum Gasteiger partial charge on any atom is 0.337 e. The molecule has 0 saturated heterocycles. The van der Waals surface area contributed by atoms with Crippen molar-refractivity contribution in [2.24, 2.45) is 0 Å². The van der Waals surface area contributed by atoms with Crippen LogP contribution in [-0.2, 0) is 4.79 Å². The number of carbonyl (C=O) groups is 2. The highest BCUT2D eigenvalue weighted by Crippen LogP contribution is 2.22. The highest BCUT2D eigenvalue weighted by atomic mass is 35.5. The van der Waals surface area contributed by atoms with E-state index in [0.717, 1.165) is 0 Å². The monoisotopic (exact) mass is 274 g/mol. The van der Waals surface area contributed by atoms with E-state index in [2.05, 4.69) is 12.6 Å². The molecule has 0 amide bonds. The molecule has 4 nitrogen and oxygen atoms in total. The standard InChI is InChI=1S/C11H11ClO4S/c12-4-3-8(13)7-5-6(1-2-9(7)17)10(14)11(15)16/h1-2,5,10,14,17H,3-4H2,(H,15,16). The van der Waals surface area contributed by atoms with E-state index in [1.165, 1.54) is 18.2 Å². The molecule has 0 aromatic heterocycles. The minimum absolute atomic E-state index is 0.141. The number of ketones is 1. The van der Waals surface area contributed by atoms with Crippen LogP contribution in [0.1, 0.15) is 28.4 Å². The number of benzene rings is 1. The van der Waals surface area contributed by atoms with Crippen molar-refractivity contribution in [1.29, 1.82) is 0 Å². The van der Waals surface area contributed by atoms with Crippen molar-refractivity contribution >= 4 is 36.0 Å². The first-order chi connectivity index (χ1) is 7.97. The Hall–Kier alpha value is -1.04. The molecule has 1 unspecified atom stereocenters. The predicted molar refractivity (Wildman–Crippen MR) is 66.0 cm³/mol. The lowest BCUT2D eigenvalue weighted by Gasteiger charge is -2.09. The van der Waals surface area contributed by atoms with Crippen LogP contribution in [0.25, 0.3) is 0 Å². The van der Waals surface area contributed by atoms with Gasteiger partial charge in [0.1, 0.15) is 0 Å². The summed E-state index contributed by atoms with van der Waals surface area (Å²) in [5.74, 6) is -1.42. The van der Waals surface area contributed by atoms with Gasteiger partial charge in [-0.2, -0.15) is 0 Å². The molecule has 0 heterocycles. The fourth-order valence-corrected chi connectivity index (χ4v) is 1.75. The maximum atomic E-state index is 11.6. The molecule has 0 spiro atoms. The van der Waals surface area contributed by atoms with Gasteiger partial charge in [-0.15, -0.1) is 24.2 Å². The van der Waals surface area contributed by atoms with E-state index >= 15 is 0 Å². The zero-order chi connectivity index (χ0) is 13.0. The molecule has 0 aliphatic heterocycles. The lowest BCUT2D eigenvalue weighted by molar-refractivity contribution is -0.146. The number of aliphatic carboxylic acids is 1. The van der Waals surface area contributed by atoms with Crippen LogP contribution in [0, 0.1) is 0 Å². The zero-order valence-electron chi connectivity index (χ0n) is 8.76. The van der Waals surface area contributed by atoms with Gasteiger partial charge in [0.2, 0.25) is 0 Å². The summed E-state index contributed by atoms with van der Waals surface area (Å²) in [6.07, 6.45) is -1.51. The van der Waals surface area contributed by atoms with Crippen molar-refractivity contribution in [3.8, 4) is 0 Å². The first-order valence-corrected chi connectivity index (χ1v) is 5.78. The van der Waals surface area contributed by atoms with Gasteiger partial charge in [0, 0.05) is 22.8 Å². The first-order valence-electron chi connectivity index (χ1n) is 4.80. The van der Waals surface area contributed by atoms with Gasteiger partial charge in [-0.25, -0.2) is 4.79 Å². The molecule has 6 heteroatoms. The van der Waals surface area contributed by atoms with Crippen LogP contribution in [-0.4, -0.2) is 27.8 Å². The predicted octanol–water partition coefficient (Wildman–Crippen LogP) is 1.90. The summed E-state index contributed by atoms with van der Waals surface area (Å²) >= 11 is 9.57. The van der Waals surface area contributed by atoms with E-state index in [1.807, 2.05) is 0 Å². The fourth-order valence-electron chi connectivity index (χ4n) is 1.31. The molecule has 1 atom stereocenters. The molecular weight excluding hydrogens is 264 g/mol. The average molecular weight is 275 g/mol. The van der Waals surface area contributed by atoms with Gasteiger partial charge in [0.05, 0.1) is 0 Å². The Kier molecular flexibility index (Phi) is 4.99. The summed E-state index contributed by atoms with van der Waals surface area (Å²) in [6.45, 7) is 0. The van der Waals surface area contributed by atoms with Crippen molar-refractivity contribution in [2.45, 2.75) is 17.4 Å². The third-order valence-electron chi connectivity index (χ3n) is 2.19. The van der Waals surface area contributed by atoms with E-state index in [4.69, 9.17) is 16.7 Å². The number of carboxylic acids is 1. The molecule has 0 radical (unpaired) electrons. The molecule has 1 rings (SSSR count). The van der Waals surface area contributed by atoms with Gasteiger partial charge in [0.25, 0.3) is 0 Å². The molecule has 17 heavy (non-hydrogen) atoms. The molecule has 2 N–H and O–H groups in total. The van der Waals surface area contributed by atoms with Crippen molar-refractivity contribution in [1.82, 2.24) is 0 Å². The number of aliphatic hydroxyl groups excluding tert-OH is 1. The second kappa shape index (κ2) is 6.05. The second-order valence-corrected chi connectivity index (χ2v) is 4.24. The summed E-state index contributed by atoms with van der Waals surface area (Å²) < 4.78 is 0. The molecule has 0 aliphatic carbocycles. The van der Waals surface area contributed by atoms with Gasteiger partial charge in [-0.1, -0.05) is 6.07 Å². The second-order valence-electron chi connectivity index (χ2n) is 3.38. The molecule has 0 aliphatic rings. The van der Waals surface area contributed by atoms with Crippen molar-refractivity contribution < 1.29 is 19.8 Å². The highest BCUT2D eigenvalue weighted by molar-refractivity contribution is 7.80. The van der Waals surface area contributed by atoms with E-state index in [0.29, 0.717) is 4.90 Å².